The van der Waals surface area contributed by atoms with Crippen molar-refractivity contribution in [1.82, 2.24) is 0 Å². The molecule has 0 amide bonds. The molecule has 0 heterocycles. The average Bonchev–Trinajstić information content (AvgIpc) is 2.79. The number of benzene rings is 3. The summed E-state index contributed by atoms with van der Waals surface area (Å²) in [6.07, 6.45) is 4.31. The molecule has 0 radical (unpaired) electrons. The first-order valence-electron chi connectivity index (χ1n) is 10.2. The van der Waals surface area contributed by atoms with E-state index in [1.807, 2.05) is 12.1 Å². The van der Waals surface area contributed by atoms with Crippen molar-refractivity contribution in [2.24, 2.45) is 0 Å². The van der Waals surface area contributed by atoms with Crippen LogP contribution in [-0.4, -0.2) is 20.2 Å². The summed E-state index contributed by atoms with van der Waals surface area (Å²) in [5, 5.41) is 3.46. The van der Waals surface area contributed by atoms with E-state index < -0.39 is 0 Å². The molecule has 0 unspecified atom stereocenters. The lowest BCUT2D eigenvalue weighted by molar-refractivity contribution is 0.414. The molecule has 3 aromatic carbocycles. The Balaban J connectivity index is 1.55. The minimum atomic E-state index is 0.790. The molecule has 0 fully saturated rings. The second-order valence-corrected chi connectivity index (χ2v) is 6.92. The molecule has 0 atom stereocenters. The van der Waals surface area contributed by atoms with Crippen LogP contribution in [0.15, 0.2) is 72.8 Å². The number of nitrogens with zero attached hydrogens (tertiary/aromatic N) is 1. The number of hydrogen-bond acceptors (Lipinski definition) is 3. The van der Waals surface area contributed by atoms with Crippen molar-refractivity contribution in [3.05, 3.63) is 89.5 Å². The van der Waals surface area contributed by atoms with E-state index in [-0.39, 0.29) is 0 Å². The number of ether oxygens (including phenoxy) is 1. The minimum absolute atomic E-state index is 0.790. The van der Waals surface area contributed by atoms with E-state index >= 15 is 0 Å². The molecule has 1 N–H and O–H groups in total. The summed E-state index contributed by atoms with van der Waals surface area (Å²) in [4.78, 5) is 2.35. The summed E-state index contributed by atoms with van der Waals surface area (Å²) in [5.74, 6) is 0.882. The van der Waals surface area contributed by atoms with Crippen molar-refractivity contribution in [2.75, 3.05) is 30.4 Å². The lowest BCUT2D eigenvalue weighted by Gasteiger charge is -2.20. The van der Waals surface area contributed by atoms with E-state index in [1.54, 1.807) is 7.11 Å². The Morgan fingerprint density at radius 1 is 0.759 bits per heavy atom. The zero-order valence-electron chi connectivity index (χ0n) is 17.6. The maximum atomic E-state index is 5.20. The number of hydrogen-bond donors (Lipinski definition) is 1. The molecule has 0 bridgehead atoms. The topological polar surface area (TPSA) is 24.5 Å². The predicted molar refractivity (Wildman–Crippen MR) is 126 cm³/mol. The van der Waals surface area contributed by atoms with Crippen LogP contribution in [0.25, 0.3) is 12.2 Å². The fourth-order valence-corrected chi connectivity index (χ4v) is 3.24. The fraction of sp³-hybridized carbons (Fsp3) is 0.231. The molecular formula is C26H30N2O. The summed E-state index contributed by atoms with van der Waals surface area (Å²) in [7, 11) is 1.69. The van der Waals surface area contributed by atoms with Crippen molar-refractivity contribution in [2.45, 2.75) is 20.4 Å². The van der Waals surface area contributed by atoms with Crippen LogP contribution in [0, 0.1) is 0 Å². The maximum Gasteiger partial charge on any atom is 0.118 e. The van der Waals surface area contributed by atoms with Crippen molar-refractivity contribution < 1.29 is 4.74 Å². The van der Waals surface area contributed by atoms with Gasteiger partial charge >= 0.3 is 0 Å². The van der Waals surface area contributed by atoms with Crippen LogP contribution < -0.4 is 15.0 Å². The van der Waals surface area contributed by atoms with Gasteiger partial charge in [0, 0.05) is 31.0 Å². The second-order valence-electron chi connectivity index (χ2n) is 6.92. The Hall–Kier alpha value is -3.20. The van der Waals surface area contributed by atoms with Gasteiger partial charge in [0.05, 0.1) is 7.11 Å². The average molecular weight is 387 g/mol. The van der Waals surface area contributed by atoms with Crippen LogP contribution in [0.1, 0.15) is 30.5 Å². The van der Waals surface area contributed by atoms with Gasteiger partial charge in [-0.1, -0.05) is 48.6 Å². The van der Waals surface area contributed by atoms with E-state index in [2.05, 4.69) is 96.9 Å². The molecular weight excluding hydrogens is 356 g/mol. The van der Waals surface area contributed by atoms with E-state index in [1.165, 1.54) is 22.4 Å². The maximum absolute atomic E-state index is 5.20. The first kappa shape index (κ1) is 20.5. The third-order valence-electron chi connectivity index (χ3n) is 5.06. The molecule has 0 aliphatic rings. The normalized spacial score (nSPS) is 10.9. The summed E-state index contributed by atoms with van der Waals surface area (Å²) in [5.41, 5.74) is 6.01. The van der Waals surface area contributed by atoms with Crippen molar-refractivity contribution in [3.8, 4) is 5.75 Å². The summed E-state index contributed by atoms with van der Waals surface area (Å²) >= 11 is 0. The molecule has 0 saturated heterocycles. The number of anilines is 2. The van der Waals surface area contributed by atoms with Gasteiger partial charge in [0.2, 0.25) is 0 Å². The summed E-state index contributed by atoms with van der Waals surface area (Å²) < 4.78 is 5.20. The number of methoxy groups -OCH3 is 1. The van der Waals surface area contributed by atoms with Gasteiger partial charge in [-0.05, 0) is 66.9 Å². The van der Waals surface area contributed by atoms with E-state index in [4.69, 9.17) is 4.74 Å². The third kappa shape index (κ3) is 5.89. The highest BCUT2D eigenvalue weighted by Crippen LogP contribution is 2.18. The van der Waals surface area contributed by atoms with Gasteiger partial charge in [-0.2, -0.15) is 0 Å². The van der Waals surface area contributed by atoms with Gasteiger partial charge < -0.3 is 15.0 Å². The zero-order valence-corrected chi connectivity index (χ0v) is 17.6. The predicted octanol–water partition coefficient (Wildman–Crippen LogP) is 6.32. The van der Waals surface area contributed by atoms with Crippen LogP contribution in [0.4, 0.5) is 11.4 Å². The van der Waals surface area contributed by atoms with Crippen LogP contribution in [0.5, 0.6) is 5.75 Å². The largest absolute Gasteiger partial charge is 0.497 e. The first-order chi connectivity index (χ1) is 14.2. The van der Waals surface area contributed by atoms with Crippen molar-refractivity contribution >= 4 is 23.5 Å². The molecule has 3 heteroatoms. The Kier molecular flexibility index (Phi) is 7.34. The first-order valence-corrected chi connectivity index (χ1v) is 10.2. The van der Waals surface area contributed by atoms with E-state index in [0.29, 0.717) is 0 Å². The highest BCUT2D eigenvalue weighted by atomic mass is 16.5. The molecule has 3 aromatic rings. The van der Waals surface area contributed by atoms with Crippen LogP contribution in [0.2, 0.25) is 0 Å². The monoisotopic (exact) mass is 386 g/mol. The minimum Gasteiger partial charge on any atom is -0.497 e. The second kappa shape index (κ2) is 10.4. The smallest absolute Gasteiger partial charge is 0.118 e. The summed E-state index contributed by atoms with van der Waals surface area (Å²) in [6.45, 7) is 7.23. The van der Waals surface area contributed by atoms with Crippen LogP contribution in [0.3, 0.4) is 0 Å². The highest BCUT2D eigenvalue weighted by Gasteiger charge is 2.00. The molecule has 0 spiro atoms. The lowest BCUT2D eigenvalue weighted by atomic mass is 10.1. The molecule has 3 rings (SSSR count). The Morgan fingerprint density at radius 3 is 1.83 bits per heavy atom. The molecule has 0 aromatic heterocycles. The molecule has 3 nitrogen and oxygen atoms in total. The zero-order chi connectivity index (χ0) is 20.5. The lowest BCUT2D eigenvalue weighted by Crippen LogP contribution is -2.21. The highest BCUT2D eigenvalue weighted by molar-refractivity contribution is 5.71. The van der Waals surface area contributed by atoms with E-state index in [9.17, 15) is 0 Å². The van der Waals surface area contributed by atoms with Crippen molar-refractivity contribution in [3.63, 3.8) is 0 Å². The van der Waals surface area contributed by atoms with Gasteiger partial charge in [-0.3, -0.25) is 0 Å². The van der Waals surface area contributed by atoms with Crippen molar-refractivity contribution in [1.29, 1.82) is 0 Å². The molecule has 150 valence electrons. The standard InChI is InChI=1S/C26H30N2O/c1-4-28(5-2)25-16-10-22(11-17-25)7-6-21-8-14-24(15-9-21)27-20-23-12-18-26(29-3)19-13-23/h6-19,27H,4-5,20H2,1-3H3. The summed E-state index contributed by atoms with van der Waals surface area (Å²) in [6, 6.07) is 25.4. The molecule has 0 aliphatic heterocycles. The Bertz CT molecular complexity index is 893. The van der Waals surface area contributed by atoms with Gasteiger partial charge in [0.25, 0.3) is 0 Å². The van der Waals surface area contributed by atoms with Gasteiger partial charge in [-0.15, -0.1) is 0 Å². The Morgan fingerprint density at radius 2 is 1.31 bits per heavy atom. The fourth-order valence-electron chi connectivity index (χ4n) is 3.24. The number of rotatable bonds is 9. The van der Waals surface area contributed by atoms with Gasteiger partial charge in [0.1, 0.15) is 5.75 Å². The van der Waals surface area contributed by atoms with Crippen LogP contribution in [-0.2, 0) is 6.54 Å². The third-order valence-corrected chi connectivity index (χ3v) is 5.06. The van der Waals surface area contributed by atoms with Gasteiger partial charge in [0.15, 0.2) is 0 Å². The van der Waals surface area contributed by atoms with Gasteiger partial charge in [-0.25, -0.2) is 0 Å². The van der Waals surface area contributed by atoms with Crippen LogP contribution >= 0.6 is 0 Å². The van der Waals surface area contributed by atoms with E-state index in [0.717, 1.165) is 31.1 Å². The molecule has 0 saturated carbocycles. The quantitative estimate of drug-likeness (QED) is 0.435. The molecule has 0 aliphatic carbocycles. The molecule has 29 heavy (non-hydrogen) atoms. The Labute approximate surface area is 174 Å². The number of nitrogens with one attached hydrogen (secondary N) is 1. The SMILES string of the molecule is CCN(CC)c1ccc(C=Cc2ccc(NCc3ccc(OC)cc3)cc2)cc1.